The highest BCUT2D eigenvalue weighted by atomic mass is 32.1. The standard InChI is InChI=1S/C35H20N8S3/c1-19-7-11-22(12-8-19)43(23-13-9-20(2)10-14-23)35-25-6-4-3-5-24(25)34(44-35)28-15-26-27(30-32(28)41-45-39-30)16-29(38-21(17-36)18-37)33-31(26)40-46-42-33/h3-16H,1-2H3. The van der Waals surface area contributed by atoms with Crippen LogP contribution in [0.1, 0.15) is 11.1 Å². The minimum Gasteiger partial charge on any atom is -0.301 e. The molecule has 0 aliphatic rings. The highest BCUT2D eigenvalue weighted by Crippen LogP contribution is 2.51. The summed E-state index contributed by atoms with van der Waals surface area (Å²) in [5.41, 5.74) is 8.34. The first-order chi connectivity index (χ1) is 22.5. The molecule has 0 spiro atoms. The molecule has 0 amide bonds. The fourth-order valence-electron chi connectivity index (χ4n) is 5.71. The van der Waals surface area contributed by atoms with E-state index in [1.165, 1.54) is 11.1 Å². The quantitative estimate of drug-likeness (QED) is 0.171. The van der Waals surface area contributed by atoms with E-state index >= 15 is 0 Å². The molecule has 8 aromatic rings. The van der Waals surface area contributed by atoms with Crippen molar-refractivity contribution in [2.75, 3.05) is 4.90 Å². The van der Waals surface area contributed by atoms with Crippen LogP contribution in [0.15, 0.2) is 89.9 Å². The smallest absolute Gasteiger partial charge is 0.218 e. The second-order valence-corrected chi connectivity index (χ2v) is 12.9. The van der Waals surface area contributed by atoms with Crippen LogP contribution in [0, 0.1) is 36.5 Å². The van der Waals surface area contributed by atoms with E-state index in [1.54, 1.807) is 11.3 Å². The van der Waals surface area contributed by atoms with Crippen LogP contribution in [0.5, 0.6) is 0 Å². The number of aliphatic imine (C=N–C) groups is 1. The van der Waals surface area contributed by atoms with Crippen LogP contribution in [0.4, 0.5) is 22.1 Å². The number of benzene rings is 5. The van der Waals surface area contributed by atoms with Gasteiger partial charge in [-0.25, -0.2) is 4.99 Å². The molecule has 0 saturated heterocycles. The molecular weight excluding hydrogens is 629 g/mol. The molecule has 218 valence electrons. The van der Waals surface area contributed by atoms with Gasteiger partial charge in [0, 0.05) is 43.4 Å². The summed E-state index contributed by atoms with van der Waals surface area (Å²) >= 11 is 3.94. The molecule has 0 fully saturated rings. The van der Waals surface area contributed by atoms with Gasteiger partial charge in [0.15, 0.2) is 0 Å². The fourth-order valence-corrected chi connectivity index (χ4v) is 8.19. The number of hydrogen-bond acceptors (Lipinski definition) is 11. The number of aryl methyl sites for hydroxylation is 2. The average Bonchev–Trinajstić information content (AvgIpc) is 3.85. The van der Waals surface area contributed by atoms with Crippen LogP contribution in [-0.2, 0) is 0 Å². The SMILES string of the molecule is Cc1ccc(N(c2ccc(C)cc2)c2sc(-c3cc4c(cc(N=C(C#N)C#N)c5nsnc54)c4nsnc34)c3ccccc23)cc1. The Balaban J connectivity index is 1.42. The predicted octanol–water partition coefficient (Wildman–Crippen LogP) is 9.94. The topological polar surface area (TPSA) is 115 Å². The van der Waals surface area contributed by atoms with Gasteiger partial charge in [0.05, 0.1) is 29.1 Å². The Morgan fingerprint density at radius 2 is 1.20 bits per heavy atom. The third-order valence-corrected chi connectivity index (χ3v) is 10.2. The lowest BCUT2D eigenvalue weighted by Gasteiger charge is -2.24. The molecule has 0 unspecified atom stereocenters. The minimum atomic E-state index is -0.248. The Morgan fingerprint density at radius 3 is 1.83 bits per heavy atom. The molecule has 3 aromatic heterocycles. The Hall–Kier alpha value is -5.59. The molecule has 0 bridgehead atoms. The molecule has 0 saturated carbocycles. The third-order valence-electron chi connectivity index (χ3n) is 7.92. The van der Waals surface area contributed by atoms with E-state index in [2.05, 4.69) is 111 Å². The second-order valence-electron chi connectivity index (χ2n) is 10.8. The number of anilines is 3. The number of rotatable bonds is 5. The van der Waals surface area contributed by atoms with Crippen molar-refractivity contribution in [3.8, 4) is 22.6 Å². The van der Waals surface area contributed by atoms with Crippen molar-refractivity contribution in [3.05, 3.63) is 96.1 Å². The van der Waals surface area contributed by atoms with Gasteiger partial charge in [-0.15, -0.1) is 11.3 Å². The van der Waals surface area contributed by atoms with Crippen molar-refractivity contribution in [2.45, 2.75) is 13.8 Å². The Morgan fingerprint density at radius 1 is 0.652 bits per heavy atom. The first-order valence-electron chi connectivity index (χ1n) is 14.2. The van der Waals surface area contributed by atoms with Crippen molar-refractivity contribution in [1.82, 2.24) is 17.5 Å². The van der Waals surface area contributed by atoms with Crippen molar-refractivity contribution < 1.29 is 0 Å². The van der Waals surface area contributed by atoms with Gasteiger partial charge in [0.1, 0.15) is 39.2 Å². The zero-order valence-electron chi connectivity index (χ0n) is 24.4. The van der Waals surface area contributed by atoms with E-state index in [4.69, 9.17) is 8.75 Å². The van der Waals surface area contributed by atoms with Gasteiger partial charge in [-0.05, 0) is 50.2 Å². The highest BCUT2D eigenvalue weighted by molar-refractivity contribution is 7.22. The van der Waals surface area contributed by atoms with Crippen molar-refractivity contribution in [1.29, 1.82) is 10.5 Å². The molecule has 8 rings (SSSR count). The number of aromatic nitrogens is 4. The van der Waals surface area contributed by atoms with Crippen molar-refractivity contribution in [2.24, 2.45) is 4.99 Å². The molecule has 0 atom stereocenters. The van der Waals surface area contributed by atoms with E-state index in [9.17, 15) is 10.5 Å². The second kappa shape index (κ2) is 11.1. The average molecular weight is 649 g/mol. The van der Waals surface area contributed by atoms with Gasteiger partial charge in [-0.3, -0.25) is 0 Å². The van der Waals surface area contributed by atoms with Gasteiger partial charge in [0.25, 0.3) is 0 Å². The molecule has 11 heteroatoms. The lowest BCUT2D eigenvalue weighted by atomic mass is 9.99. The van der Waals surface area contributed by atoms with E-state index in [0.717, 1.165) is 77.3 Å². The maximum atomic E-state index is 9.36. The molecule has 46 heavy (non-hydrogen) atoms. The van der Waals surface area contributed by atoms with E-state index in [0.29, 0.717) is 22.2 Å². The van der Waals surface area contributed by atoms with Gasteiger partial charge in [0.2, 0.25) is 5.71 Å². The van der Waals surface area contributed by atoms with Crippen LogP contribution in [0.25, 0.3) is 54.1 Å². The third kappa shape index (κ3) is 4.49. The largest absolute Gasteiger partial charge is 0.301 e. The van der Waals surface area contributed by atoms with Crippen LogP contribution in [-0.4, -0.2) is 23.2 Å². The zero-order valence-corrected chi connectivity index (χ0v) is 26.8. The molecule has 3 heterocycles. The van der Waals surface area contributed by atoms with Gasteiger partial charge in [-0.2, -0.15) is 28.0 Å². The molecule has 0 N–H and O–H groups in total. The first-order valence-corrected chi connectivity index (χ1v) is 16.5. The number of thiophene rings is 1. The first kappa shape index (κ1) is 27.9. The molecule has 0 radical (unpaired) electrons. The minimum absolute atomic E-state index is 0.248. The molecule has 0 aliphatic carbocycles. The maximum absolute atomic E-state index is 9.36. The maximum Gasteiger partial charge on any atom is 0.218 e. The summed E-state index contributed by atoms with van der Waals surface area (Å²) in [6.07, 6.45) is 0. The Labute approximate surface area is 275 Å². The lowest BCUT2D eigenvalue weighted by molar-refractivity contribution is 1.30. The van der Waals surface area contributed by atoms with Crippen LogP contribution in [0.3, 0.4) is 0 Å². The molecule has 8 nitrogen and oxygen atoms in total. The fraction of sp³-hybridized carbons (Fsp3) is 0.0571. The highest BCUT2D eigenvalue weighted by Gasteiger charge is 2.24. The zero-order chi connectivity index (χ0) is 31.4. The predicted molar refractivity (Wildman–Crippen MR) is 189 cm³/mol. The van der Waals surface area contributed by atoms with E-state index in [-0.39, 0.29) is 5.71 Å². The normalized spacial score (nSPS) is 11.2. The van der Waals surface area contributed by atoms with Crippen molar-refractivity contribution in [3.63, 3.8) is 0 Å². The summed E-state index contributed by atoms with van der Waals surface area (Å²) in [6, 6.07) is 33.3. The summed E-state index contributed by atoms with van der Waals surface area (Å²) < 4.78 is 18.6. The van der Waals surface area contributed by atoms with Gasteiger partial charge in [-0.1, -0.05) is 59.7 Å². The van der Waals surface area contributed by atoms with E-state index < -0.39 is 0 Å². The van der Waals surface area contributed by atoms with E-state index in [1.807, 2.05) is 18.2 Å². The summed E-state index contributed by atoms with van der Waals surface area (Å²) in [6.45, 7) is 4.20. The summed E-state index contributed by atoms with van der Waals surface area (Å²) in [7, 11) is 0. The van der Waals surface area contributed by atoms with Crippen LogP contribution < -0.4 is 4.90 Å². The lowest BCUT2D eigenvalue weighted by Crippen LogP contribution is -2.08. The molecule has 0 aliphatic heterocycles. The summed E-state index contributed by atoms with van der Waals surface area (Å²) in [5.74, 6) is 0. The number of nitriles is 2. The molecule has 5 aromatic carbocycles. The monoisotopic (exact) mass is 648 g/mol. The number of nitrogens with zero attached hydrogens (tertiary/aromatic N) is 8. The number of hydrogen-bond donors (Lipinski definition) is 0. The summed E-state index contributed by atoms with van der Waals surface area (Å²) in [5, 5.41) is 23.7. The van der Waals surface area contributed by atoms with Gasteiger partial charge >= 0.3 is 0 Å². The van der Waals surface area contributed by atoms with Gasteiger partial charge < -0.3 is 4.90 Å². The van der Waals surface area contributed by atoms with Crippen LogP contribution in [0.2, 0.25) is 0 Å². The van der Waals surface area contributed by atoms with Crippen LogP contribution >= 0.6 is 34.8 Å². The Bertz CT molecular complexity index is 2520. The van der Waals surface area contributed by atoms with Crippen molar-refractivity contribution >= 4 is 106 Å². The Kier molecular flexibility index (Phi) is 6.73. The number of fused-ring (bicyclic) bond motifs is 6. The summed E-state index contributed by atoms with van der Waals surface area (Å²) in [4.78, 5) is 7.69. The molecular formula is C35H20N8S3.